The Balaban J connectivity index is 2.35. The normalized spacial score (nSPS) is 11.2. The molecule has 0 aliphatic heterocycles. The summed E-state index contributed by atoms with van der Waals surface area (Å²) >= 11 is 0. The zero-order valence-corrected chi connectivity index (χ0v) is 10.6. The van der Waals surface area contributed by atoms with Crippen LogP contribution < -0.4 is 16.2 Å². The average Bonchev–Trinajstić information content (AvgIpc) is 2.40. The molecular weight excluding hydrogens is 285 g/mol. The van der Waals surface area contributed by atoms with Crippen molar-refractivity contribution in [1.82, 2.24) is 0 Å². The summed E-state index contributed by atoms with van der Waals surface area (Å²) in [6, 6.07) is 8.80. The Morgan fingerprint density at radius 3 is 2.29 bits per heavy atom. The second-order valence-electron chi connectivity index (χ2n) is 4.21. The molecule has 0 aliphatic rings. The minimum Gasteiger partial charge on any atom is -0.454 e. The first-order valence-corrected chi connectivity index (χ1v) is 5.82. The molecule has 0 spiro atoms. The molecular formula is C14H11F3N2O2. The quantitative estimate of drug-likeness (QED) is 0.854. The van der Waals surface area contributed by atoms with Gasteiger partial charge in [-0.05, 0) is 30.3 Å². The van der Waals surface area contributed by atoms with Gasteiger partial charge in [-0.2, -0.15) is 13.2 Å². The van der Waals surface area contributed by atoms with Gasteiger partial charge in [-0.25, -0.2) is 0 Å². The lowest BCUT2D eigenvalue weighted by atomic mass is 10.1. The molecule has 0 atom stereocenters. The number of benzene rings is 2. The number of carbonyl (C=O) groups excluding carboxylic acids is 1. The molecule has 4 N–H and O–H groups in total. The van der Waals surface area contributed by atoms with E-state index >= 15 is 0 Å². The molecule has 1 amide bonds. The summed E-state index contributed by atoms with van der Waals surface area (Å²) in [6.07, 6.45) is -4.49. The number of alkyl halides is 3. The average molecular weight is 296 g/mol. The second-order valence-corrected chi connectivity index (χ2v) is 4.21. The largest absolute Gasteiger partial charge is 0.454 e. The number of hydrogen-bond donors (Lipinski definition) is 2. The van der Waals surface area contributed by atoms with Crippen LogP contribution in [0.2, 0.25) is 0 Å². The molecule has 4 nitrogen and oxygen atoms in total. The van der Waals surface area contributed by atoms with E-state index in [0.29, 0.717) is 0 Å². The number of rotatable bonds is 3. The first-order chi connectivity index (χ1) is 9.79. The number of nitrogen functional groups attached to an aromatic ring is 1. The minimum absolute atomic E-state index is 0.0108. The van der Waals surface area contributed by atoms with Crippen LogP contribution in [0.5, 0.6) is 11.5 Å². The van der Waals surface area contributed by atoms with Gasteiger partial charge in [-0.3, -0.25) is 4.79 Å². The molecule has 0 aromatic heterocycles. The predicted molar refractivity (Wildman–Crippen MR) is 70.9 cm³/mol. The number of primary amides is 1. The van der Waals surface area contributed by atoms with E-state index in [9.17, 15) is 18.0 Å². The fraction of sp³-hybridized carbons (Fsp3) is 0.0714. The molecule has 2 aromatic rings. The van der Waals surface area contributed by atoms with Crippen molar-refractivity contribution >= 4 is 11.6 Å². The number of amides is 1. The van der Waals surface area contributed by atoms with Gasteiger partial charge < -0.3 is 16.2 Å². The summed E-state index contributed by atoms with van der Waals surface area (Å²) in [7, 11) is 0. The van der Waals surface area contributed by atoms with Crippen molar-refractivity contribution in [3.63, 3.8) is 0 Å². The topological polar surface area (TPSA) is 78.3 Å². The van der Waals surface area contributed by atoms with Gasteiger partial charge in [0, 0.05) is 0 Å². The SMILES string of the molecule is NC(=O)c1ccccc1Oc1ccc(C(F)(F)F)cc1N. The van der Waals surface area contributed by atoms with Crippen LogP contribution in [0.15, 0.2) is 42.5 Å². The number of ether oxygens (including phenoxy) is 1. The Labute approximate surface area is 118 Å². The Morgan fingerprint density at radius 1 is 1.05 bits per heavy atom. The van der Waals surface area contributed by atoms with Crippen LogP contribution in [0.25, 0.3) is 0 Å². The third-order valence-electron chi connectivity index (χ3n) is 2.71. The van der Waals surface area contributed by atoms with Crippen molar-refractivity contribution in [3.8, 4) is 11.5 Å². The third-order valence-corrected chi connectivity index (χ3v) is 2.71. The lowest BCUT2D eigenvalue weighted by Crippen LogP contribution is -2.12. The van der Waals surface area contributed by atoms with E-state index in [2.05, 4.69) is 0 Å². The maximum absolute atomic E-state index is 12.5. The van der Waals surface area contributed by atoms with Crippen molar-refractivity contribution in [2.45, 2.75) is 6.18 Å². The van der Waals surface area contributed by atoms with Crippen LogP contribution in [0.1, 0.15) is 15.9 Å². The van der Waals surface area contributed by atoms with Gasteiger partial charge in [0.05, 0.1) is 16.8 Å². The summed E-state index contributed by atoms with van der Waals surface area (Å²) in [4.78, 5) is 11.2. The zero-order valence-electron chi connectivity index (χ0n) is 10.6. The minimum atomic E-state index is -4.49. The summed E-state index contributed by atoms with van der Waals surface area (Å²) in [5.41, 5.74) is 9.78. The van der Waals surface area contributed by atoms with E-state index in [0.717, 1.165) is 18.2 Å². The van der Waals surface area contributed by atoms with E-state index in [4.69, 9.17) is 16.2 Å². The highest BCUT2D eigenvalue weighted by Crippen LogP contribution is 2.35. The van der Waals surface area contributed by atoms with Crippen molar-refractivity contribution in [3.05, 3.63) is 53.6 Å². The van der Waals surface area contributed by atoms with Crippen LogP contribution >= 0.6 is 0 Å². The van der Waals surface area contributed by atoms with Gasteiger partial charge >= 0.3 is 6.18 Å². The maximum Gasteiger partial charge on any atom is 0.416 e. The molecule has 0 saturated carbocycles. The lowest BCUT2D eigenvalue weighted by molar-refractivity contribution is -0.137. The second kappa shape index (κ2) is 5.35. The third kappa shape index (κ3) is 3.25. The first kappa shape index (κ1) is 14.7. The van der Waals surface area contributed by atoms with Crippen LogP contribution in [-0.2, 0) is 6.18 Å². The molecule has 110 valence electrons. The number of nitrogens with two attached hydrogens (primary N) is 2. The molecule has 7 heteroatoms. The van der Waals surface area contributed by atoms with Crippen molar-refractivity contribution in [2.24, 2.45) is 5.73 Å². The van der Waals surface area contributed by atoms with E-state index < -0.39 is 17.6 Å². The summed E-state index contributed by atoms with van der Waals surface area (Å²) in [5.74, 6) is -0.579. The highest BCUT2D eigenvalue weighted by molar-refractivity contribution is 5.95. The molecule has 21 heavy (non-hydrogen) atoms. The highest BCUT2D eigenvalue weighted by Gasteiger charge is 2.31. The molecule has 0 bridgehead atoms. The number of anilines is 1. The fourth-order valence-electron chi connectivity index (χ4n) is 1.70. The van der Waals surface area contributed by atoms with Crippen LogP contribution in [0.4, 0.5) is 18.9 Å². The van der Waals surface area contributed by atoms with E-state index in [1.165, 1.54) is 12.1 Å². The molecule has 0 fully saturated rings. The lowest BCUT2D eigenvalue weighted by Gasteiger charge is -2.13. The van der Waals surface area contributed by atoms with E-state index in [1.54, 1.807) is 12.1 Å². The number of carbonyl (C=O) groups is 1. The fourth-order valence-corrected chi connectivity index (χ4v) is 1.70. The predicted octanol–water partition coefficient (Wildman–Crippen LogP) is 3.18. The van der Waals surface area contributed by atoms with Gasteiger partial charge in [-0.15, -0.1) is 0 Å². The van der Waals surface area contributed by atoms with Crippen LogP contribution in [0, 0.1) is 0 Å². The molecule has 2 aromatic carbocycles. The van der Waals surface area contributed by atoms with Crippen molar-refractivity contribution in [1.29, 1.82) is 0 Å². The highest BCUT2D eigenvalue weighted by atomic mass is 19.4. The summed E-state index contributed by atoms with van der Waals surface area (Å²) < 4.78 is 43.0. The number of halogens is 3. The molecule has 2 rings (SSSR count). The summed E-state index contributed by atoms with van der Waals surface area (Å²) in [5, 5.41) is 0. The van der Waals surface area contributed by atoms with Gasteiger partial charge in [0.1, 0.15) is 11.5 Å². The Morgan fingerprint density at radius 2 is 1.71 bits per heavy atom. The van der Waals surface area contributed by atoms with Crippen LogP contribution in [0.3, 0.4) is 0 Å². The Bertz CT molecular complexity index is 684. The van der Waals surface area contributed by atoms with Crippen molar-refractivity contribution < 1.29 is 22.7 Å². The summed E-state index contributed by atoms with van der Waals surface area (Å²) in [6.45, 7) is 0. The zero-order chi connectivity index (χ0) is 15.6. The Kier molecular flexibility index (Phi) is 3.75. The van der Waals surface area contributed by atoms with Crippen LogP contribution in [-0.4, -0.2) is 5.91 Å². The molecule has 0 radical (unpaired) electrons. The molecule has 0 saturated heterocycles. The van der Waals surface area contributed by atoms with Gasteiger partial charge in [0.2, 0.25) is 0 Å². The van der Waals surface area contributed by atoms with Gasteiger partial charge in [0.25, 0.3) is 5.91 Å². The van der Waals surface area contributed by atoms with Crippen molar-refractivity contribution in [2.75, 3.05) is 5.73 Å². The number of para-hydroxylation sites is 1. The molecule has 0 heterocycles. The van der Waals surface area contributed by atoms with Gasteiger partial charge in [0.15, 0.2) is 0 Å². The van der Waals surface area contributed by atoms with Gasteiger partial charge in [-0.1, -0.05) is 12.1 Å². The standard InChI is InChI=1S/C14H11F3N2O2/c15-14(16,17)8-5-6-12(10(18)7-8)21-11-4-2-1-3-9(11)13(19)20/h1-7H,18H2,(H2,19,20). The van der Waals surface area contributed by atoms with E-state index in [-0.39, 0.29) is 22.7 Å². The smallest absolute Gasteiger partial charge is 0.416 e. The Hall–Kier alpha value is -2.70. The van der Waals surface area contributed by atoms with E-state index in [1.807, 2.05) is 0 Å². The number of hydrogen-bond acceptors (Lipinski definition) is 3. The molecule has 0 unspecified atom stereocenters. The monoisotopic (exact) mass is 296 g/mol. The first-order valence-electron chi connectivity index (χ1n) is 5.82. The maximum atomic E-state index is 12.5. The molecule has 0 aliphatic carbocycles.